The summed E-state index contributed by atoms with van der Waals surface area (Å²) in [6.07, 6.45) is 0. The van der Waals surface area contributed by atoms with Gasteiger partial charge in [-0.15, -0.1) is 18.2 Å². The van der Waals surface area contributed by atoms with Crippen molar-refractivity contribution in [1.82, 2.24) is 0 Å². The van der Waals surface area contributed by atoms with Gasteiger partial charge in [-0.3, -0.25) is 0 Å². The molecule has 1 heteroatoms. The van der Waals surface area contributed by atoms with Gasteiger partial charge in [0.2, 0.25) is 0 Å². The van der Waals surface area contributed by atoms with E-state index >= 15 is 0 Å². The Labute approximate surface area is 242 Å². The molecule has 171 valence electrons. The van der Waals surface area contributed by atoms with Gasteiger partial charge in [0.25, 0.3) is 0 Å². The molecule has 0 saturated carbocycles. The maximum atomic E-state index is 3.52. The largest absolute Gasteiger partial charge is 0.226 e. The Morgan fingerprint density at radius 2 is 0.946 bits per heavy atom. The Balaban J connectivity index is 0.00000252. The van der Waals surface area contributed by atoms with Gasteiger partial charge in [-0.25, -0.2) is 11.1 Å². The third-order valence-electron chi connectivity index (χ3n) is 7.07. The number of hydrogen-bond acceptors (Lipinski definition) is 0. The maximum absolute atomic E-state index is 3.52. The number of rotatable bonds is 3. The summed E-state index contributed by atoms with van der Waals surface area (Å²) in [5, 5.41) is 7.57. The smallest absolute Gasteiger partial charge is 0 e. The summed E-state index contributed by atoms with van der Waals surface area (Å²) in [6, 6.07) is 54.4. The molecule has 0 nitrogen and oxygen atoms in total. The first-order valence-corrected chi connectivity index (χ1v) is 12.3. The molecule has 0 saturated heterocycles. The quantitative estimate of drug-likeness (QED) is 0.154. The molecule has 1 radical (unpaired) electrons. The van der Waals surface area contributed by atoms with E-state index in [4.69, 9.17) is 0 Å². The Morgan fingerprint density at radius 1 is 0.405 bits per heavy atom. The minimum Gasteiger partial charge on any atom is -0.226 e. The van der Waals surface area contributed by atoms with E-state index in [1.165, 1.54) is 54.6 Å². The van der Waals surface area contributed by atoms with Crippen LogP contribution in [0.15, 0.2) is 133 Å². The first kappa shape index (κ1) is 23.8. The van der Waals surface area contributed by atoms with Crippen molar-refractivity contribution >= 4 is 32.3 Å². The molecule has 0 heterocycles. The molecule has 0 atom stereocenters. The van der Waals surface area contributed by atoms with Crippen LogP contribution >= 0.6 is 0 Å². The van der Waals surface area contributed by atoms with Crippen molar-refractivity contribution < 1.29 is 32.7 Å². The molecule has 0 amide bonds. The molecule has 0 bridgehead atoms. The van der Waals surface area contributed by atoms with E-state index in [0.717, 1.165) is 11.1 Å². The molecule has 0 spiro atoms. The molecule has 0 N–H and O–H groups in total. The van der Waals surface area contributed by atoms with E-state index in [0.29, 0.717) is 0 Å². The van der Waals surface area contributed by atoms with Crippen LogP contribution in [0.4, 0.5) is 0 Å². The van der Waals surface area contributed by atoms with Crippen molar-refractivity contribution in [3.05, 3.63) is 146 Å². The standard InChI is InChI=1S/C36H22.Y/c1-2-10-25(11-3-1)27-18-21-28(22-19-27)35-31-14-6-8-16-33(31)36(34-17-9-7-15-32(34)35)30-23-20-26-12-4-5-13-29(26)24-30;/h1-10,12-18,20-24H;/q-2;. The van der Waals surface area contributed by atoms with Crippen LogP contribution in [0.1, 0.15) is 0 Å². The second-order valence-electron chi connectivity index (χ2n) is 9.17. The van der Waals surface area contributed by atoms with E-state index < -0.39 is 0 Å². The summed E-state index contributed by atoms with van der Waals surface area (Å²) >= 11 is 0. The molecular formula is C36H22Y-2. The second kappa shape index (κ2) is 10.1. The van der Waals surface area contributed by atoms with Crippen LogP contribution in [0.3, 0.4) is 0 Å². The Bertz CT molecular complexity index is 1810. The molecule has 0 aliphatic rings. The topological polar surface area (TPSA) is 0 Å². The van der Waals surface area contributed by atoms with Crippen LogP contribution in [-0.2, 0) is 32.7 Å². The second-order valence-corrected chi connectivity index (χ2v) is 9.17. The van der Waals surface area contributed by atoms with E-state index in [1.807, 2.05) is 18.2 Å². The first-order valence-electron chi connectivity index (χ1n) is 12.3. The van der Waals surface area contributed by atoms with Gasteiger partial charge >= 0.3 is 0 Å². The summed E-state index contributed by atoms with van der Waals surface area (Å²) < 4.78 is 0. The molecule has 7 aromatic carbocycles. The van der Waals surface area contributed by atoms with Crippen LogP contribution in [0, 0.1) is 12.1 Å². The zero-order valence-electron chi connectivity index (χ0n) is 20.3. The third-order valence-corrected chi connectivity index (χ3v) is 7.07. The summed E-state index contributed by atoms with van der Waals surface area (Å²) in [4.78, 5) is 0. The van der Waals surface area contributed by atoms with Crippen molar-refractivity contribution in [1.29, 1.82) is 0 Å². The van der Waals surface area contributed by atoms with Crippen molar-refractivity contribution in [3.8, 4) is 33.4 Å². The number of benzene rings is 7. The molecule has 0 aliphatic heterocycles. The monoisotopic (exact) mass is 543 g/mol. The molecule has 37 heavy (non-hydrogen) atoms. The molecule has 0 aliphatic carbocycles. The van der Waals surface area contributed by atoms with Gasteiger partial charge in [-0.1, -0.05) is 90.5 Å². The zero-order chi connectivity index (χ0) is 23.9. The van der Waals surface area contributed by atoms with Crippen LogP contribution in [0.2, 0.25) is 0 Å². The summed E-state index contributed by atoms with van der Waals surface area (Å²) in [7, 11) is 0. The van der Waals surface area contributed by atoms with Gasteiger partial charge in [0.1, 0.15) is 0 Å². The SMILES string of the molecule is [Y].[c-]1ccccc1-c1[c-]cc(-c2c3ccccc3c(-c3ccc4ccccc4c3)c3ccccc23)cc1. The molecule has 7 rings (SSSR count). The van der Waals surface area contributed by atoms with Crippen LogP contribution in [0.5, 0.6) is 0 Å². The van der Waals surface area contributed by atoms with E-state index in [9.17, 15) is 0 Å². The van der Waals surface area contributed by atoms with Gasteiger partial charge < -0.3 is 0 Å². The fourth-order valence-electron chi connectivity index (χ4n) is 5.40. The Hall–Kier alpha value is -3.58. The molecule has 0 fully saturated rings. The summed E-state index contributed by atoms with van der Waals surface area (Å²) in [5.74, 6) is 0. The minimum absolute atomic E-state index is 0. The summed E-state index contributed by atoms with van der Waals surface area (Å²) in [6.45, 7) is 0. The van der Waals surface area contributed by atoms with Crippen LogP contribution in [-0.4, -0.2) is 0 Å². The van der Waals surface area contributed by atoms with E-state index in [1.54, 1.807) is 0 Å². The first-order chi connectivity index (χ1) is 17.9. The zero-order valence-corrected chi connectivity index (χ0v) is 23.1. The fourth-order valence-corrected chi connectivity index (χ4v) is 5.40. The van der Waals surface area contributed by atoms with Crippen molar-refractivity contribution in [2.45, 2.75) is 0 Å². The van der Waals surface area contributed by atoms with Gasteiger partial charge in [0.05, 0.1) is 0 Å². The Morgan fingerprint density at radius 3 is 1.54 bits per heavy atom. The van der Waals surface area contributed by atoms with Gasteiger partial charge in [-0.05, 0) is 55.1 Å². The van der Waals surface area contributed by atoms with Gasteiger partial charge in [-0.2, -0.15) is 36.4 Å². The van der Waals surface area contributed by atoms with Crippen LogP contribution in [0.25, 0.3) is 65.7 Å². The predicted molar refractivity (Wildman–Crippen MR) is 153 cm³/mol. The van der Waals surface area contributed by atoms with E-state index in [-0.39, 0.29) is 32.7 Å². The molecule has 0 unspecified atom stereocenters. The third kappa shape index (κ3) is 4.21. The average Bonchev–Trinajstić information content (AvgIpc) is 2.96. The average molecular weight is 543 g/mol. The maximum Gasteiger partial charge on any atom is 0 e. The van der Waals surface area contributed by atoms with Gasteiger partial charge in [0, 0.05) is 32.7 Å². The van der Waals surface area contributed by atoms with Crippen LogP contribution < -0.4 is 0 Å². The van der Waals surface area contributed by atoms with Crippen molar-refractivity contribution in [2.75, 3.05) is 0 Å². The predicted octanol–water partition coefficient (Wildman–Crippen LogP) is 9.75. The van der Waals surface area contributed by atoms with Gasteiger partial charge in [0.15, 0.2) is 0 Å². The molecular weight excluding hydrogens is 521 g/mol. The fraction of sp³-hybridized carbons (Fsp3) is 0. The summed E-state index contributed by atoms with van der Waals surface area (Å²) in [5.41, 5.74) is 7.08. The Kier molecular flexibility index (Phi) is 6.47. The number of hydrogen-bond donors (Lipinski definition) is 0. The van der Waals surface area contributed by atoms with E-state index in [2.05, 4.69) is 127 Å². The number of fused-ring (bicyclic) bond motifs is 3. The van der Waals surface area contributed by atoms with Crippen molar-refractivity contribution in [2.24, 2.45) is 0 Å². The minimum atomic E-state index is 0. The molecule has 7 aromatic rings. The molecule has 0 aromatic heterocycles. The van der Waals surface area contributed by atoms with Crippen molar-refractivity contribution in [3.63, 3.8) is 0 Å². The normalized spacial score (nSPS) is 11.0.